The van der Waals surface area contributed by atoms with Crippen LogP contribution in [0.2, 0.25) is 5.02 Å². The quantitative estimate of drug-likeness (QED) is 0.301. The molecule has 1 aliphatic carbocycles. The Hall–Kier alpha value is -2.64. The summed E-state index contributed by atoms with van der Waals surface area (Å²) in [5.41, 5.74) is 0.841. The van der Waals surface area contributed by atoms with Crippen molar-refractivity contribution in [3.63, 3.8) is 0 Å². The van der Waals surface area contributed by atoms with Gasteiger partial charge in [-0.1, -0.05) is 69.5 Å². The van der Waals surface area contributed by atoms with Gasteiger partial charge in [-0.25, -0.2) is 4.98 Å². The molecular weight excluding hydrogens is 482 g/mol. The highest BCUT2D eigenvalue weighted by Gasteiger charge is 2.25. The third-order valence-electron chi connectivity index (χ3n) is 6.32. The third-order valence-corrected chi connectivity index (χ3v) is 7.51. The fourth-order valence-electron chi connectivity index (χ4n) is 4.20. The number of aromatic nitrogens is 2. The summed E-state index contributed by atoms with van der Waals surface area (Å²) < 4.78 is 1.79. The summed E-state index contributed by atoms with van der Waals surface area (Å²) in [6.45, 7) is 5.67. The van der Waals surface area contributed by atoms with E-state index in [9.17, 15) is 14.4 Å². The molecular formula is C27H30ClN3O3S. The monoisotopic (exact) mass is 511 g/mol. The molecule has 0 aliphatic heterocycles. The van der Waals surface area contributed by atoms with Gasteiger partial charge in [0.25, 0.3) is 11.5 Å². The number of carbonyl (C=O) groups is 2. The van der Waals surface area contributed by atoms with Crippen LogP contribution in [-0.4, -0.2) is 27.0 Å². The zero-order valence-electron chi connectivity index (χ0n) is 20.3. The number of thioether (sulfide) groups is 1. The van der Waals surface area contributed by atoms with Gasteiger partial charge >= 0.3 is 0 Å². The van der Waals surface area contributed by atoms with Crippen LogP contribution in [0.1, 0.15) is 69.3 Å². The van der Waals surface area contributed by atoms with Crippen molar-refractivity contribution in [1.82, 2.24) is 9.55 Å². The van der Waals surface area contributed by atoms with Crippen LogP contribution in [0, 0.1) is 5.41 Å². The molecule has 4 rings (SSSR count). The lowest BCUT2D eigenvalue weighted by Crippen LogP contribution is -2.30. The Balaban J connectivity index is 1.71. The fraction of sp³-hybridized carbons (Fsp3) is 0.407. The molecule has 1 N–H and O–H groups in total. The molecule has 8 heteroatoms. The van der Waals surface area contributed by atoms with E-state index in [4.69, 9.17) is 16.6 Å². The van der Waals surface area contributed by atoms with Crippen LogP contribution < -0.4 is 10.9 Å². The summed E-state index contributed by atoms with van der Waals surface area (Å²) >= 11 is 7.33. The molecule has 3 aromatic rings. The van der Waals surface area contributed by atoms with E-state index in [0.29, 0.717) is 32.3 Å². The summed E-state index contributed by atoms with van der Waals surface area (Å²) in [4.78, 5) is 43.9. The highest BCUT2D eigenvalue weighted by Crippen LogP contribution is 2.32. The number of amides is 1. The normalized spacial score (nSPS) is 14.7. The molecule has 1 saturated carbocycles. The van der Waals surface area contributed by atoms with Gasteiger partial charge in [0.05, 0.1) is 16.7 Å². The van der Waals surface area contributed by atoms with Crippen LogP contribution in [0.25, 0.3) is 10.9 Å². The van der Waals surface area contributed by atoms with Crippen molar-refractivity contribution in [1.29, 1.82) is 0 Å². The maximum atomic E-state index is 13.6. The van der Waals surface area contributed by atoms with Crippen LogP contribution in [0.4, 0.5) is 5.69 Å². The van der Waals surface area contributed by atoms with Gasteiger partial charge in [0.15, 0.2) is 5.16 Å². The van der Waals surface area contributed by atoms with Crippen LogP contribution in [0.3, 0.4) is 0 Å². The van der Waals surface area contributed by atoms with Gasteiger partial charge in [-0.2, -0.15) is 0 Å². The first-order chi connectivity index (χ1) is 16.6. The number of nitrogens with one attached hydrogen (secondary N) is 1. The number of Topliss-reactive ketones (excluding diaryl/α,β-unsaturated/α-hetero) is 1. The molecule has 0 radical (unpaired) electrons. The van der Waals surface area contributed by atoms with Crippen molar-refractivity contribution < 1.29 is 9.59 Å². The molecule has 0 saturated heterocycles. The lowest BCUT2D eigenvalue weighted by Gasteiger charge is -2.26. The number of hydrogen-bond acceptors (Lipinski definition) is 5. The molecule has 6 nitrogen and oxygen atoms in total. The van der Waals surface area contributed by atoms with E-state index in [1.807, 2.05) is 20.8 Å². The van der Waals surface area contributed by atoms with E-state index in [1.54, 1.807) is 47.0 Å². The summed E-state index contributed by atoms with van der Waals surface area (Å²) in [5.74, 6) is 0.0227. The molecule has 0 spiro atoms. The van der Waals surface area contributed by atoms with E-state index in [2.05, 4.69) is 5.32 Å². The third kappa shape index (κ3) is 5.96. The molecule has 1 fully saturated rings. The molecule has 1 aromatic heterocycles. The minimum Gasteiger partial charge on any atom is -0.322 e. The Morgan fingerprint density at radius 2 is 1.86 bits per heavy atom. The minimum absolute atomic E-state index is 0.0752. The van der Waals surface area contributed by atoms with E-state index < -0.39 is 5.41 Å². The summed E-state index contributed by atoms with van der Waals surface area (Å²) in [6, 6.07) is 11.9. The molecule has 0 unspecified atom stereocenters. The number of ketones is 1. The molecule has 1 aliphatic rings. The SMILES string of the molecule is CC(C)(C)C(=O)CSc1nc2cc(C(=O)Nc3cccc(Cl)c3)ccc2c(=O)n1C1CCCCC1. The molecule has 0 bridgehead atoms. The van der Waals surface area contributed by atoms with E-state index in [-0.39, 0.29) is 29.0 Å². The zero-order valence-corrected chi connectivity index (χ0v) is 21.8. The van der Waals surface area contributed by atoms with Crippen molar-refractivity contribution in [2.75, 3.05) is 11.1 Å². The zero-order chi connectivity index (χ0) is 25.2. The number of carbonyl (C=O) groups excluding carboxylic acids is 2. The summed E-state index contributed by atoms with van der Waals surface area (Å²) in [5, 5.41) is 4.37. The van der Waals surface area contributed by atoms with Crippen molar-refractivity contribution in [3.8, 4) is 0 Å². The van der Waals surface area contributed by atoms with Crippen molar-refractivity contribution in [3.05, 3.63) is 63.4 Å². The van der Waals surface area contributed by atoms with Gasteiger partial charge < -0.3 is 5.32 Å². The minimum atomic E-state index is -0.467. The first-order valence-corrected chi connectivity index (χ1v) is 13.3. The van der Waals surface area contributed by atoms with Crippen LogP contribution in [0.15, 0.2) is 52.4 Å². The molecule has 35 heavy (non-hydrogen) atoms. The lowest BCUT2D eigenvalue weighted by atomic mass is 9.92. The summed E-state index contributed by atoms with van der Waals surface area (Å²) in [6.07, 6.45) is 5.16. The maximum absolute atomic E-state index is 13.6. The number of fused-ring (bicyclic) bond motifs is 1. The van der Waals surface area contributed by atoms with Crippen LogP contribution in [0.5, 0.6) is 0 Å². The second-order valence-corrected chi connectivity index (χ2v) is 11.4. The molecule has 1 amide bonds. The fourth-order valence-corrected chi connectivity index (χ4v) is 5.62. The van der Waals surface area contributed by atoms with Gasteiger partial charge in [0.1, 0.15) is 5.78 Å². The predicted octanol–water partition coefficient (Wildman–Crippen LogP) is 6.51. The molecule has 1 heterocycles. The topological polar surface area (TPSA) is 81.1 Å². The van der Waals surface area contributed by atoms with Gasteiger partial charge in [-0.05, 0) is 49.2 Å². The van der Waals surface area contributed by atoms with Gasteiger partial charge in [0.2, 0.25) is 0 Å². The first kappa shape index (κ1) is 25.5. The van der Waals surface area contributed by atoms with E-state index in [0.717, 1.165) is 25.7 Å². The average molecular weight is 512 g/mol. The Labute approximate surface area is 214 Å². The van der Waals surface area contributed by atoms with Crippen molar-refractivity contribution in [2.45, 2.75) is 64.1 Å². The Bertz CT molecular complexity index is 1320. The highest BCUT2D eigenvalue weighted by molar-refractivity contribution is 7.99. The van der Waals surface area contributed by atoms with Crippen LogP contribution in [-0.2, 0) is 4.79 Å². The Morgan fingerprint density at radius 1 is 1.11 bits per heavy atom. The van der Waals surface area contributed by atoms with Crippen molar-refractivity contribution >= 4 is 51.6 Å². The van der Waals surface area contributed by atoms with Crippen molar-refractivity contribution in [2.24, 2.45) is 5.41 Å². The number of rotatable bonds is 6. The molecule has 0 atom stereocenters. The average Bonchev–Trinajstić information content (AvgIpc) is 2.82. The number of nitrogens with zero attached hydrogens (tertiary/aromatic N) is 2. The van der Waals surface area contributed by atoms with Gasteiger partial charge in [-0.3, -0.25) is 19.0 Å². The first-order valence-electron chi connectivity index (χ1n) is 11.9. The second kappa shape index (κ2) is 10.5. The number of anilines is 1. The van der Waals surface area contributed by atoms with E-state index in [1.165, 1.54) is 18.2 Å². The Kier molecular flexibility index (Phi) is 7.67. The highest BCUT2D eigenvalue weighted by atomic mass is 35.5. The molecule has 184 valence electrons. The van der Waals surface area contributed by atoms with Crippen LogP contribution >= 0.6 is 23.4 Å². The number of halogens is 1. The number of hydrogen-bond donors (Lipinski definition) is 1. The predicted molar refractivity (Wildman–Crippen MR) is 143 cm³/mol. The maximum Gasteiger partial charge on any atom is 0.262 e. The molecule has 2 aromatic carbocycles. The largest absolute Gasteiger partial charge is 0.322 e. The summed E-state index contributed by atoms with van der Waals surface area (Å²) in [7, 11) is 0. The standard InChI is InChI=1S/C27H30ClN3O3S/c1-27(2,3)23(32)16-35-26-30-22-14-17(24(33)29-19-9-7-8-18(28)15-19)12-13-21(22)25(34)31(26)20-10-5-4-6-11-20/h7-9,12-15,20H,4-6,10-11,16H2,1-3H3,(H,29,33). The van der Waals surface area contributed by atoms with Gasteiger partial charge in [-0.15, -0.1) is 0 Å². The number of benzene rings is 2. The van der Waals surface area contributed by atoms with Gasteiger partial charge in [0, 0.05) is 27.7 Å². The smallest absolute Gasteiger partial charge is 0.262 e. The second-order valence-electron chi connectivity index (χ2n) is 10.0. The lowest BCUT2D eigenvalue weighted by molar-refractivity contribution is -0.123. The van der Waals surface area contributed by atoms with E-state index >= 15 is 0 Å². The Morgan fingerprint density at radius 3 is 2.54 bits per heavy atom.